The van der Waals surface area contributed by atoms with E-state index in [-0.39, 0.29) is 19.1 Å². The number of halogens is 1. The van der Waals surface area contributed by atoms with Gasteiger partial charge in [-0.15, -0.1) is 0 Å². The Morgan fingerprint density at radius 1 is 1.13 bits per heavy atom. The molecular weight excluding hydrogens is 358 g/mol. The van der Waals surface area contributed by atoms with Gasteiger partial charge in [0.1, 0.15) is 13.2 Å². The summed E-state index contributed by atoms with van der Waals surface area (Å²) in [5.41, 5.74) is 2.78. The molecule has 0 fully saturated rings. The molecule has 2 aromatic rings. The van der Waals surface area contributed by atoms with E-state index in [1.807, 2.05) is 48.5 Å². The number of hydrogen-bond donors (Lipinski definition) is 0. The zero-order chi connectivity index (χ0) is 16.2. The molecule has 1 aliphatic heterocycles. The highest BCUT2D eigenvalue weighted by Crippen LogP contribution is 2.30. The smallest absolute Gasteiger partial charge is 0.326 e. The number of nitrogens with zero attached hydrogens (tertiary/aromatic N) is 1. The van der Waals surface area contributed by atoms with Crippen molar-refractivity contribution >= 4 is 33.5 Å². The Morgan fingerprint density at radius 3 is 2.70 bits per heavy atom. The fourth-order valence-corrected chi connectivity index (χ4v) is 3.02. The molecule has 0 saturated carbocycles. The minimum atomic E-state index is -0.405. The third kappa shape index (κ3) is 3.79. The first-order chi connectivity index (χ1) is 11.1. The standard InChI is InChI=1S/C18H16BrNO3/c19-15-7-8-16-14(10-15)6-9-17(21)20(16)11-18(22)23-12-13-4-2-1-3-5-13/h1-5,7-8,10H,6,9,11-12H2. The molecule has 0 bridgehead atoms. The normalized spacial score (nSPS) is 13.6. The van der Waals surface area contributed by atoms with E-state index in [1.54, 1.807) is 0 Å². The van der Waals surface area contributed by atoms with Crippen LogP contribution in [0.1, 0.15) is 17.5 Å². The maximum absolute atomic E-state index is 12.2. The summed E-state index contributed by atoms with van der Waals surface area (Å²) in [5.74, 6) is -0.450. The molecule has 118 valence electrons. The largest absolute Gasteiger partial charge is 0.459 e. The van der Waals surface area contributed by atoms with Gasteiger partial charge < -0.3 is 9.64 Å². The average Bonchev–Trinajstić information content (AvgIpc) is 2.56. The molecule has 5 heteroatoms. The first-order valence-corrected chi connectivity index (χ1v) is 8.21. The van der Waals surface area contributed by atoms with Crippen LogP contribution < -0.4 is 4.90 Å². The Hall–Kier alpha value is -2.14. The molecule has 3 rings (SSSR count). The summed E-state index contributed by atoms with van der Waals surface area (Å²) in [6, 6.07) is 15.2. The van der Waals surface area contributed by atoms with Gasteiger partial charge in [0.15, 0.2) is 0 Å². The Kier molecular flexibility index (Phi) is 4.76. The van der Waals surface area contributed by atoms with E-state index in [4.69, 9.17) is 4.74 Å². The van der Waals surface area contributed by atoms with Crippen molar-refractivity contribution < 1.29 is 14.3 Å². The summed E-state index contributed by atoms with van der Waals surface area (Å²) in [6.07, 6.45) is 1.11. The van der Waals surface area contributed by atoms with Crippen LogP contribution in [0.2, 0.25) is 0 Å². The number of hydrogen-bond acceptors (Lipinski definition) is 3. The highest BCUT2D eigenvalue weighted by Gasteiger charge is 2.26. The number of anilines is 1. The number of carbonyl (C=O) groups excluding carboxylic acids is 2. The second kappa shape index (κ2) is 6.96. The minimum absolute atomic E-state index is 0.0449. The first-order valence-electron chi connectivity index (χ1n) is 7.42. The van der Waals surface area contributed by atoms with Crippen molar-refractivity contribution in [2.24, 2.45) is 0 Å². The molecule has 0 aliphatic carbocycles. The zero-order valence-electron chi connectivity index (χ0n) is 12.5. The van der Waals surface area contributed by atoms with Gasteiger partial charge in [-0.3, -0.25) is 9.59 Å². The van der Waals surface area contributed by atoms with Gasteiger partial charge in [-0.25, -0.2) is 0 Å². The minimum Gasteiger partial charge on any atom is -0.459 e. The summed E-state index contributed by atoms with van der Waals surface area (Å²) < 4.78 is 6.25. The van der Waals surface area contributed by atoms with Crippen molar-refractivity contribution in [3.8, 4) is 0 Å². The van der Waals surface area contributed by atoms with Crippen LogP contribution in [0.4, 0.5) is 5.69 Å². The molecule has 0 saturated heterocycles. The van der Waals surface area contributed by atoms with Crippen molar-refractivity contribution in [3.05, 3.63) is 64.1 Å². The Bertz CT molecular complexity index is 730. The van der Waals surface area contributed by atoms with Crippen molar-refractivity contribution in [2.75, 3.05) is 11.4 Å². The van der Waals surface area contributed by atoms with E-state index in [0.717, 1.165) is 21.3 Å². The molecule has 0 N–H and O–H groups in total. The van der Waals surface area contributed by atoms with Crippen LogP contribution in [0.15, 0.2) is 53.0 Å². The van der Waals surface area contributed by atoms with Crippen molar-refractivity contribution in [2.45, 2.75) is 19.4 Å². The fraction of sp³-hybridized carbons (Fsp3) is 0.222. The van der Waals surface area contributed by atoms with Gasteiger partial charge in [0.2, 0.25) is 5.91 Å². The molecule has 0 radical (unpaired) electrons. The second-order valence-electron chi connectivity index (χ2n) is 5.40. The lowest BCUT2D eigenvalue weighted by Crippen LogP contribution is -2.39. The quantitative estimate of drug-likeness (QED) is 0.770. The number of carbonyl (C=O) groups is 2. The number of aryl methyl sites for hydroxylation is 1. The molecule has 1 amide bonds. The molecule has 1 heterocycles. The molecule has 1 aliphatic rings. The molecule has 4 nitrogen and oxygen atoms in total. The fourth-order valence-electron chi connectivity index (χ4n) is 2.61. The lowest BCUT2D eigenvalue weighted by molar-refractivity contribution is -0.144. The van der Waals surface area contributed by atoms with Crippen LogP contribution in [0, 0.1) is 0 Å². The van der Waals surface area contributed by atoms with Crippen LogP contribution in [0.25, 0.3) is 0 Å². The van der Waals surface area contributed by atoms with E-state index in [2.05, 4.69) is 15.9 Å². The number of benzene rings is 2. The van der Waals surface area contributed by atoms with Crippen LogP contribution in [0.5, 0.6) is 0 Å². The summed E-state index contributed by atoms with van der Waals surface area (Å²) >= 11 is 3.43. The van der Waals surface area contributed by atoms with Crippen LogP contribution >= 0.6 is 15.9 Å². The topological polar surface area (TPSA) is 46.6 Å². The number of ether oxygens (including phenoxy) is 1. The SMILES string of the molecule is O=C(CN1C(=O)CCc2cc(Br)ccc21)OCc1ccccc1. The molecular formula is C18H16BrNO3. The molecule has 0 unspecified atom stereocenters. The molecule has 2 aromatic carbocycles. The van der Waals surface area contributed by atoms with Gasteiger partial charge in [0, 0.05) is 16.6 Å². The number of rotatable bonds is 4. The number of fused-ring (bicyclic) bond motifs is 1. The lowest BCUT2D eigenvalue weighted by atomic mass is 10.0. The maximum atomic E-state index is 12.2. The van der Waals surface area contributed by atoms with E-state index in [1.165, 1.54) is 4.90 Å². The number of esters is 1. The summed E-state index contributed by atoms with van der Waals surface area (Å²) in [6.45, 7) is 0.162. The van der Waals surface area contributed by atoms with Gasteiger partial charge >= 0.3 is 5.97 Å². The van der Waals surface area contributed by atoms with E-state index >= 15 is 0 Å². The van der Waals surface area contributed by atoms with E-state index in [9.17, 15) is 9.59 Å². The van der Waals surface area contributed by atoms with Crippen molar-refractivity contribution in [1.29, 1.82) is 0 Å². The molecule has 0 aromatic heterocycles. The van der Waals surface area contributed by atoms with Crippen molar-refractivity contribution in [1.82, 2.24) is 0 Å². The lowest BCUT2D eigenvalue weighted by Gasteiger charge is -2.28. The second-order valence-corrected chi connectivity index (χ2v) is 6.31. The third-order valence-electron chi connectivity index (χ3n) is 3.77. The molecule has 0 spiro atoms. The first kappa shape index (κ1) is 15.7. The zero-order valence-corrected chi connectivity index (χ0v) is 14.1. The van der Waals surface area contributed by atoms with Crippen molar-refractivity contribution in [3.63, 3.8) is 0 Å². The Morgan fingerprint density at radius 2 is 1.91 bits per heavy atom. The van der Waals surface area contributed by atoms with Gasteiger partial charge in [-0.1, -0.05) is 46.3 Å². The molecule has 0 atom stereocenters. The van der Waals surface area contributed by atoms with Gasteiger partial charge in [0.25, 0.3) is 0 Å². The third-order valence-corrected chi connectivity index (χ3v) is 4.26. The Balaban J connectivity index is 1.67. The predicted molar refractivity (Wildman–Crippen MR) is 91.1 cm³/mol. The summed E-state index contributed by atoms with van der Waals surface area (Å²) in [4.78, 5) is 25.8. The number of amides is 1. The average molecular weight is 374 g/mol. The summed E-state index contributed by atoms with van der Waals surface area (Å²) in [7, 11) is 0. The van der Waals surface area contributed by atoms with Crippen LogP contribution in [-0.4, -0.2) is 18.4 Å². The molecule has 23 heavy (non-hydrogen) atoms. The maximum Gasteiger partial charge on any atom is 0.326 e. The van der Waals surface area contributed by atoms with Crippen LogP contribution in [0.3, 0.4) is 0 Å². The Labute approximate surface area is 143 Å². The van der Waals surface area contributed by atoms with Gasteiger partial charge in [-0.05, 0) is 35.7 Å². The summed E-state index contributed by atoms with van der Waals surface area (Å²) in [5, 5.41) is 0. The highest BCUT2D eigenvalue weighted by molar-refractivity contribution is 9.10. The monoisotopic (exact) mass is 373 g/mol. The predicted octanol–water partition coefficient (Wildman–Crippen LogP) is 3.47. The van der Waals surface area contributed by atoms with Gasteiger partial charge in [0.05, 0.1) is 0 Å². The van der Waals surface area contributed by atoms with E-state index < -0.39 is 5.97 Å². The van der Waals surface area contributed by atoms with Crippen LogP contribution in [-0.2, 0) is 27.4 Å². The van der Waals surface area contributed by atoms with E-state index in [0.29, 0.717) is 12.8 Å². The highest BCUT2D eigenvalue weighted by atomic mass is 79.9. The van der Waals surface area contributed by atoms with Gasteiger partial charge in [-0.2, -0.15) is 0 Å².